The number of halogens is 1. The van der Waals surface area contributed by atoms with Crippen molar-refractivity contribution in [2.75, 3.05) is 32.7 Å². The maximum atomic E-state index is 13.2. The Balaban J connectivity index is 1.34. The molecular formula is C26H32ClN5O. The fourth-order valence-corrected chi connectivity index (χ4v) is 5.31. The lowest BCUT2D eigenvalue weighted by molar-refractivity contribution is -0.138. The van der Waals surface area contributed by atoms with Gasteiger partial charge in [0.05, 0.1) is 23.5 Å². The van der Waals surface area contributed by atoms with Crippen LogP contribution in [0, 0.1) is 5.92 Å². The highest BCUT2D eigenvalue weighted by Gasteiger charge is 2.31. The highest BCUT2D eigenvalue weighted by atomic mass is 35.5. The molecule has 33 heavy (non-hydrogen) atoms. The van der Waals surface area contributed by atoms with Crippen molar-refractivity contribution < 1.29 is 4.79 Å². The Labute approximate surface area is 200 Å². The number of carbonyl (C=O) groups is 1. The van der Waals surface area contributed by atoms with Crippen molar-refractivity contribution in [3.63, 3.8) is 0 Å². The first-order valence-electron chi connectivity index (χ1n) is 12.0. The summed E-state index contributed by atoms with van der Waals surface area (Å²) in [6, 6.07) is 16.7. The van der Waals surface area contributed by atoms with Gasteiger partial charge in [-0.25, -0.2) is 4.98 Å². The molecule has 2 aliphatic heterocycles. The van der Waals surface area contributed by atoms with E-state index < -0.39 is 0 Å². The van der Waals surface area contributed by atoms with Gasteiger partial charge in [0, 0.05) is 43.8 Å². The second-order valence-electron chi connectivity index (χ2n) is 9.44. The number of hydrogen-bond donors (Lipinski definition) is 1. The highest BCUT2D eigenvalue weighted by molar-refractivity contribution is 6.30. The van der Waals surface area contributed by atoms with Gasteiger partial charge in [-0.3, -0.25) is 9.69 Å². The summed E-state index contributed by atoms with van der Waals surface area (Å²) in [7, 11) is 0. The van der Waals surface area contributed by atoms with Gasteiger partial charge >= 0.3 is 0 Å². The van der Waals surface area contributed by atoms with Crippen LogP contribution in [0.1, 0.15) is 31.2 Å². The van der Waals surface area contributed by atoms with Gasteiger partial charge in [-0.1, -0.05) is 35.9 Å². The van der Waals surface area contributed by atoms with Gasteiger partial charge in [-0.2, -0.15) is 0 Å². The van der Waals surface area contributed by atoms with E-state index in [0.717, 1.165) is 80.5 Å². The van der Waals surface area contributed by atoms with Crippen molar-refractivity contribution in [3.05, 3.63) is 64.9 Å². The van der Waals surface area contributed by atoms with E-state index in [1.165, 1.54) is 5.56 Å². The minimum absolute atomic E-state index is 0.0816. The molecule has 1 N–H and O–H groups in total. The fraction of sp³-hybridized carbons (Fsp3) is 0.462. The smallest absolute Gasteiger partial charge is 0.227 e. The molecule has 0 saturated carbocycles. The molecule has 6 nitrogen and oxygen atoms in total. The molecule has 2 fully saturated rings. The molecule has 5 rings (SSSR count). The third kappa shape index (κ3) is 5.08. The number of carbonyl (C=O) groups excluding carboxylic acids is 1. The lowest BCUT2D eigenvalue weighted by atomic mass is 9.96. The molecule has 2 saturated heterocycles. The number of benzene rings is 2. The van der Waals surface area contributed by atoms with Crippen LogP contribution in [0.4, 0.5) is 0 Å². The quantitative estimate of drug-likeness (QED) is 0.623. The van der Waals surface area contributed by atoms with Crippen molar-refractivity contribution in [3.8, 4) is 0 Å². The Bertz CT molecular complexity index is 1110. The summed E-state index contributed by atoms with van der Waals surface area (Å²) in [6.07, 6.45) is 2.03. The van der Waals surface area contributed by atoms with E-state index in [-0.39, 0.29) is 5.92 Å². The maximum Gasteiger partial charge on any atom is 0.227 e. The molecule has 7 heteroatoms. The van der Waals surface area contributed by atoms with Crippen LogP contribution in [0.5, 0.6) is 0 Å². The molecule has 0 bridgehead atoms. The first-order chi connectivity index (χ1) is 16.1. The largest absolute Gasteiger partial charge is 0.340 e. The van der Waals surface area contributed by atoms with Crippen LogP contribution < -0.4 is 5.32 Å². The number of imidazole rings is 1. The first-order valence-corrected chi connectivity index (χ1v) is 12.4. The van der Waals surface area contributed by atoms with Gasteiger partial charge in [0.15, 0.2) is 0 Å². The molecule has 2 aliphatic rings. The van der Waals surface area contributed by atoms with Crippen molar-refractivity contribution in [2.45, 2.75) is 38.9 Å². The van der Waals surface area contributed by atoms with Crippen molar-refractivity contribution in [2.24, 2.45) is 5.92 Å². The molecule has 3 heterocycles. The van der Waals surface area contributed by atoms with Gasteiger partial charge in [0.25, 0.3) is 0 Å². The van der Waals surface area contributed by atoms with E-state index in [4.69, 9.17) is 16.6 Å². The van der Waals surface area contributed by atoms with Crippen molar-refractivity contribution in [1.29, 1.82) is 0 Å². The maximum absolute atomic E-state index is 13.2. The molecule has 0 radical (unpaired) electrons. The summed E-state index contributed by atoms with van der Waals surface area (Å²) in [6.45, 7) is 7.98. The third-order valence-corrected chi connectivity index (χ3v) is 7.14. The Morgan fingerprint density at radius 2 is 1.91 bits per heavy atom. The van der Waals surface area contributed by atoms with Crippen LogP contribution in [0.3, 0.4) is 0 Å². The van der Waals surface area contributed by atoms with E-state index in [1.54, 1.807) is 0 Å². The summed E-state index contributed by atoms with van der Waals surface area (Å²) in [5, 5.41) is 4.18. The average Bonchev–Trinajstić information content (AvgIpc) is 3.17. The van der Waals surface area contributed by atoms with Crippen LogP contribution >= 0.6 is 11.6 Å². The second kappa shape index (κ2) is 9.84. The standard InChI is InChI=1S/C26H32ClN5O/c1-19-15-31(14-12-28-19)26(33)21-5-4-13-30(17-21)18-25-29-23-6-2-3-7-24(23)32(25)16-20-8-10-22(27)11-9-20/h2-3,6-11,19,21,28H,4-5,12-18H2,1H3/t19-,21-/m1/s1. The lowest BCUT2D eigenvalue weighted by Gasteiger charge is -2.38. The number of piperidine rings is 1. The SMILES string of the molecule is C[C@@H]1CN(C(=O)[C@@H]2CCCN(Cc3nc4ccccc4n3Cc3ccc(Cl)cc3)C2)CCN1. The predicted molar refractivity (Wildman–Crippen MR) is 132 cm³/mol. The molecule has 3 aromatic rings. The summed E-state index contributed by atoms with van der Waals surface area (Å²) in [4.78, 5) is 22.7. The Kier molecular flexibility index (Phi) is 6.67. The van der Waals surface area contributed by atoms with Crippen molar-refractivity contribution in [1.82, 2.24) is 24.7 Å². The molecule has 1 amide bonds. The Morgan fingerprint density at radius 1 is 1.09 bits per heavy atom. The summed E-state index contributed by atoms with van der Waals surface area (Å²) < 4.78 is 2.31. The van der Waals surface area contributed by atoms with Crippen LogP contribution in [0.15, 0.2) is 48.5 Å². The monoisotopic (exact) mass is 465 g/mol. The molecule has 2 atom stereocenters. The van der Waals surface area contributed by atoms with Crippen LogP contribution in [0.25, 0.3) is 11.0 Å². The van der Waals surface area contributed by atoms with Crippen LogP contribution in [-0.2, 0) is 17.9 Å². The number of hydrogen-bond acceptors (Lipinski definition) is 4. The van der Waals surface area contributed by atoms with E-state index in [9.17, 15) is 4.79 Å². The normalized spacial score (nSPS) is 22.1. The summed E-state index contributed by atoms with van der Waals surface area (Å²) in [5.74, 6) is 1.45. The molecule has 0 spiro atoms. The Hall–Kier alpha value is -2.41. The molecule has 174 valence electrons. The number of para-hydroxylation sites is 2. The first kappa shape index (κ1) is 22.4. The van der Waals surface area contributed by atoms with Crippen LogP contribution in [0.2, 0.25) is 5.02 Å². The van der Waals surface area contributed by atoms with E-state index in [2.05, 4.69) is 56.9 Å². The average molecular weight is 466 g/mol. The van der Waals surface area contributed by atoms with Gasteiger partial charge < -0.3 is 14.8 Å². The van der Waals surface area contributed by atoms with Gasteiger partial charge in [-0.15, -0.1) is 0 Å². The van der Waals surface area contributed by atoms with E-state index in [1.807, 2.05) is 18.2 Å². The number of nitrogens with zero attached hydrogens (tertiary/aromatic N) is 4. The van der Waals surface area contributed by atoms with Gasteiger partial charge in [0.2, 0.25) is 5.91 Å². The number of amides is 1. The fourth-order valence-electron chi connectivity index (χ4n) is 5.19. The van der Waals surface area contributed by atoms with Gasteiger partial charge in [0.1, 0.15) is 5.82 Å². The molecule has 0 aliphatic carbocycles. The number of piperazine rings is 1. The molecular weight excluding hydrogens is 434 g/mol. The zero-order chi connectivity index (χ0) is 22.8. The third-order valence-electron chi connectivity index (χ3n) is 6.89. The van der Waals surface area contributed by atoms with Crippen LogP contribution in [-0.4, -0.2) is 64.0 Å². The zero-order valence-corrected chi connectivity index (χ0v) is 20.0. The number of rotatable bonds is 5. The number of nitrogens with one attached hydrogen (secondary N) is 1. The minimum Gasteiger partial charge on any atom is -0.340 e. The highest BCUT2D eigenvalue weighted by Crippen LogP contribution is 2.24. The number of fused-ring (bicyclic) bond motifs is 1. The second-order valence-corrected chi connectivity index (χ2v) is 9.88. The number of aromatic nitrogens is 2. The number of likely N-dealkylation sites (tertiary alicyclic amines) is 1. The zero-order valence-electron chi connectivity index (χ0n) is 19.2. The minimum atomic E-state index is 0.0816. The Morgan fingerprint density at radius 3 is 2.73 bits per heavy atom. The summed E-state index contributed by atoms with van der Waals surface area (Å²) >= 11 is 6.09. The molecule has 0 unspecified atom stereocenters. The topological polar surface area (TPSA) is 53.4 Å². The molecule has 1 aromatic heterocycles. The van der Waals surface area contributed by atoms with Gasteiger partial charge in [-0.05, 0) is 56.1 Å². The summed E-state index contributed by atoms with van der Waals surface area (Å²) in [5.41, 5.74) is 3.35. The van der Waals surface area contributed by atoms with E-state index >= 15 is 0 Å². The lowest BCUT2D eigenvalue weighted by Crippen LogP contribution is -2.54. The van der Waals surface area contributed by atoms with Crippen molar-refractivity contribution >= 4 is 28.5 Å². The molecule has 2 aromatic carbocycles. The predicted octanol–water partition coefficient (Wildman–Crippen LogP) is 3.77. The van der Waals surface area contributed by atoms with E-state index in [0.29, 0.717) is 11.9 Å².